The molecule has 0 aliphatic rings. The zero-order valence-electron chi connectivity index (χ0n) is 19.4. The Kier molecular flexibility index (Phi) is 7.45. The highest BCUT2D eigenvalue weighted by Gasteiger charge is 2.15. The van der Waals surface area contributed by atoms with Crippen LogP contribution in [0.1, 0.15) is 32.6 Å². The number of nitrogens with one attached hydrogen (secondary N) is 3. The Labute approximate surface area is 211 Å². The largest absolute Gasteiger partial charge is 0.383 e. The molecule has 8 nitrogen and oxygen atoms in total. The Hall–Kier alpha value is -5.17. The Bertz CT molecular complexity index is 1510. The van der Waals surface area contributed by atoms with Gasteiger partial charge in [0.1, 0.15) is 17.7 Å². The first-order chi connectivity index (χ1) is 17.9. The number of nitrogens with zero attached hydrogens (tertiary/aromatic N) is 3. The second-order valence-electron chi connectivity index (χ2n) is 8.06. The van der Waals surface area contributed by atoms with Gasteiger partial charge in [0, 0.05) is 42.8 Å². The summed E-state index contributed by atoms with van der Waals surface area (Å²) in [6.45, 7) is 0.307. The van der Waals surface area contributed by atoms with Crippen molar-refractivity contribution in [3.63, 3.8) is 0 Å². The smallest absolute Gasteiger partial charge is 0.255 e. The lowest BCUT2D eigenvalue weighted by molar-refractivity contribution is 0.0951. The van der Waals surface area contributed by atoms with Crippen LogP contribution < -0.4 is 16.4 Å². The van der Waals surface area contributed by atoms with Gasteiger partial charge in [0.25, 0.3) is 5.91 Å². The molecule has 0 spiro atoms. The molecule has 0 fully saturated rings. The fourth-order valence-corrected chi connectivity index (χ4v) is 3.53. The third kappa shape index (κ3) is 5.91. The summed E-state index contributed by atoms with van der Waals surface area (Å²) in [5.74, 6) is -1.94. The van der Waals surface area contributed by atoms with Crippen molar-refractivity contribution in [3.05, 3.63) is 106 Å². The van der Waals surface area contributed by atoms with Gasteiger partial charge in [-0.15, -0.1) is 0 Å². The number of amides is 1. The van der Waals surface area contributed by atoms with Gasteiger partial charge in [-0.2, -0.15) is 5.26 Å². The molecule has 10 heteroatoms. The number of benzene rings is 2. The topological polar surface area (TPSA) is 141 Å². The number of pyridine rings is 2. The minimum Gasteiger partial charge on any atom is -0.383 e. The Morgan fingerprint density at radius 1 is 0.973 bits per heavy atom. The zero-order chi connectivity index (χ0) is 26.4. The number of nitriles is 1. The normalized spacial score (nSPS) is 10.4. The summed E-state index contributed by atoms with van der Waals surface area (Å²) >= 11 is 0. The molecule has 1 amide bonds. The number of nitrogen functional groups attached to an aromatic ring is 1. The van der Waals surface area contributed by atoms with Crippen LogP contribution in [0.4, 0.5) is 20.4 Å². The van der Waals surface area contributed by atoms with Crippen molar-refractivity contribution >= 4 is 23.8 Å². The third-order valence-corrected chi connectivity index (χ3v) is 5.55. The number of hydrogen-bond donors (Lipinski definition) is 4. The number of halogens is 2. The van der Waals surface area contributed by atoms with Crippen LogP contribution in [0.25, 0.3) is 11.1 Å². The lowest BCUT2D eigenvalue weighted by Crippen LogP contribution is -2.24. The molecule has 0 aliphatic carbocycles. The Morgan fingerprint density at radius 3 is 2.43 bits per heavy atom. The first kappa shape index (κ1) is 24.9. The molecule has 2 aromatic carbocycles. The number of carbonyl (C=O) groups excluding carboxylic acids is 1. The molecule has 2 aromatic heterocycles. The van der Waals surface area contributed by atoms with Gasteiger partial charge in [-0.1, -0.05) is 30.3 Å². The maximum absolute atomic E-state index is 13.5. The van der Waals surface area contributed by atoms with Crippen LogP contribution in [-0.4, -0.2) is 22.1 Å². The quantitative estimate of drug-likeness (QED) is 0.266. The van der Waals surface area contributed by atoms with E-state index in [1.807, 2.05) is 30.3 Å². The van der Waals surface area contributed by atoms with Gasteiger partial charge in [0.05, 0.1) is 11.1 Å². The Balaban J connectivity index is 1.46. The number of rotatable bonds is 8. The van der Waals surface area contributed by atoms with Gasteiger partial charge < -0.3 is 21.8 Å². The van der Waals surface area contributed by atoms with Gasteiger partial charge in [-0.3, -0.25) is 4.79 Å². The molecule has 0 aliphatic heterocycles. The molecular formula is C27H21F2N7O. The van der Waals surface area contributed by atoms with Crippen LogP contribution in [-0.2, 0) is 13.1 Å². The van der Waals surface area contributed by atoms with Gasteiger partial charge in [-0.25, -0.2) is 18.7 Å². The van der Waals surface area contributed by atoms with Gasteiger partial charge in [-0.05, 0) is 41.0 Å². The average molecular weight is 498 g/mol. The van der Waals surface area contributed by atoms with E-state index in [4.69, 9.17) is 11.1 Å². The molecular weight excluding hydrogens is 476 g/mol. The van der Waals surface area contributed by atoms with E-state index in [0.29, 0.717) is 23.5 Å². The lowest BCUT2D eigenvalue weighted by atomic mass is 10.0. The molecule has 5 N–H and O–H groups in total. The molecule has 0 unspecified atom stereocenters. The monoisotopic (exact) mass is 497 g/mol. The molecule has 0 saturated carbocycles. The first-order valence-electron chi connectivity index (χ1n) is 11.1. The third-order valence-electron chi connectivity index (χ3n) is 5.55. The van der Waals surface area contributed by atoms with E-state index in [2.05, 4.69) is 20.6 Å². The van der Waals surface area contributed by atoms with E-state index < -0.39 is 17.5 Å². The van der Waals surface area contributed by atoms with E-state index in [0.717, 1.165) is 35.0 Å². The maximum Gasteiger partial charge on any atom is 0.255 e. The standard InChI is InChI=1S/C27H21F2N7O/c28-23-6-3-17(8-24(23)29)13-36-27(37)22-7-18(10-30)14-35-26(22)34-12-16-1-4-19(5-2-16)21-9-20(11-31)25(32)33-15-21/h1-9,11,14-15,31H,12-13H2,(H2,32,33)(H,34,35)(H,36,37). The summed E-state index contributed by atoms with van der Waals surface area (Å²) < 4.78 is 26.6. The van der Waals surface area contributed by atoms with Crippen LogP contribution in [0.3, 0.4) is 0 Å². The summed E-state index contributed by atoms with van der Waals surface area (Å²) in [6.07, 6.45) is 4.15. The highest BCUT2D eigenvalue weighted by atomic mass is 19.2. The lowest BCUT2D eigenvalue weighted by Gasteiger charge is -2.12. The molecule has 0 bridgehead atoms. The van der Waals surface area contributed by atoms with Crippen molar-refractivity contribution < 1.29 is 13.6 Å². The van der Waals surface area contributed by atoms with Crippen LogP contribution in [0.15, 0.2) is 67.0 Å². The minimum atomic E-state index is -1.00. The van der Waals surface area contributed by atoms with Crippen molar-refractivity contribution in [1.29, 1.82) is 10.7 Å². The predicted octanol–water partition coefficient (Wildman–Crippen LogP) is 4.42. The summed E-state index contributed by atoms with van der Waals surface area (Å²) in [5.41, 5.74) is 9.64. The fraction of sp³-hybridized carbons (Fsp3) is 0.0741. The van der Waals surface area contributed by atoms with E-state index in [1.165, 1.54) is 18.3 Å². The minimum absolute atomic E-state index is 0.0343. The number of anilines is 2. The van der Waals surface area contributed by atoms with E-state index in [-0.39, 0.29) is 23.5 Å². The number of aromatic nitrogens is 2. The fourth-order valence-electron chi connectivity index (χ4n) is 3.53. The zero-order valence-corrected chi connectivity index (χ0v) is 19.4. The maximum atomic E-state index is 13.5. The molecule has 184 valence electrons. The van der Waals surface area contributed by atoms with Gasteiger partial charge in [0.2, 0.25) is 0 Å². The molecule has 4 rings (SSSR count). The van der Waals surface area contributed by atoms with Crippen molar-refractivity contribution in [2.24, 2.45) is 0 Å². The molecule has 4 aromatic rings. The van der Waals surface area contributed by atoms with Crippen molar-refractivity contribution in [1.82, 2.24) is 15.3 Å². The Morgan fingerprint density at radius 2 is 1.73 bits per heavy atom. The summed E-state index contributed by atoms with van der Waals surface area (Å²) in [7, 11) is 0. The molecule has 0 radical (unpaired) electrons. The van der Waals surface area contributed by atoms with Crippen LogP contribution >= 0.6 is 0 Å². The molecule has 2 heterocycles. The van der Waals surface area contributed by atoms with Crippen LogP contribution in [0.5, 0.6) is 0 Å². The van der Waals surface area contributed by atoms with Gasteiger partial charge >= 0.3 is 0 Å². The van der Waals surface area contributed by atoms with Crippen molar-refractivity contribution in [2.75, 3.05) is 11.1 Å². The second kappa shape index (κ2) is 11.0. The number of carbonyl (C=O) groups is 1. The van der Waals surface area contributed by atoms with Crippen molar-refractivity contribution in [3.8, 4) is 17.2 Å². The van der Waals surface area contributed by atoms with Gasteiger partial charge in [0.15, 0.2) is 11.6 Å². The number of hydrogen-bond acceptors (Lipinski definition) is 7. The molecule has 37 heavy (non-hydrogen) atoms. The highest BCUT2D eigenvalue weighted by molar-refractivity contribution is 5.99. The molecule has 0 saturated heterocycles. The highest BCUT2D eigenvalue weighted by Crippen LogP contribution is 2.22. The van der Waals surface area contributed by atoms with Crippen LogP contribution in [0, 0.1) is 28.4 Å². The summed E-state index contributed by atoms with van der Waals surface area (Å²) in [4.78, 5) is 21.2. The molecule has 0 atom stereocenters. The van der Waals surface area contributed by atoms with Crippen LogP contribution in [0.2, 0.25) is 0 Å². The SMILES string of the molecule is N#Cc1cnc(NCc2ccc(-c3cnc(N)c(C=N)c3)cc2)c(C(=O)NCc2ccc(F)c(F)c2)c1. The second-order valence-corrected chi connectivity index (χ2v) is 8.06. The average Bonchev–Trinajstić information content (AvgIpc) is 2.93. The van der Waals surface area contributed by atoms with E-state index in [1.54, 1.807) is 12.3 Å². The van der Waals surface area contributed by atoms with E-state index in [9.17, 15) is 18.8 Å². The number of nitrogens with two attached hydrogens (primary N) is 1. The van der Waals surface area contributed by atoms with Crippen molar-refractivity contribution in [2.45, 2.75) is 13.1 Å². The first-order valence-corrected chi connectivity index (χ1v) is 11.1. The summed E-state index contributed by atoms with van der Waals surface area (Å²) in [5, 5.41) is 22.4. The summed E-state index contributed by atoms with van der Waals surface area (Å²) in [6, 6.07) is 16.1. The van der Waals surface area contributed by atoms with E-state index >= 15 is 0 Å². The predicted molar refractivity (Wildman–Crippen MR) is 136 cm³/mol.